The van der Waals surface area contributed by atoms with Crippen LogP contribution in [-0.2, 0) is 6.54 Å². The quantitative estimate of drug-likeness (QED) is 0.353. The monoisotopic (exact) mass is 224 g/mol. The normalized spacial score (nSPS) is 13.1. The van der Waals surface area contributed by atoms with Gasteiger partial charge in [-0.3, -0.25) is 4.68 Å². The SMILES string of the molecule is Cc1cc(C)n(CCC(C)(C)C(N)=NO)n1. The zero-order valence-corrected chi connectivity index (χ0v) is 10.4. The van der Waals surface area contributed by atoms with E-state index in [1.165, 1.54) is 0 Å². The fraction of sp³-hybridized carbons (Fsp3) is 0.636. The predicted molar refractivity (Wildman–Crippen MR) is 63.5 cm³/mol. The molecule has 0 unspecified atom stereocenters. The molecular weight excluding hydrogens is 204 g/mol. The average Bonchev–Trinajstić information content (AvgIpc) is 2.53. The number of nitrogens with two attached hydrogens (primary N) is 1. The molecule has 1 heterocycles. The van der Waals surface area contributed by atoms with Crippen molar-refractivity contribution in [2.45, 2.75) is 40.7 Å². The maximum Gasteiger partial charge on any atom is 0.144 e. The molecule has 0 aromatic carbocycles. The Bertz CT molecular complexity index is 393. The Labute approximate surface area is 95.9 Å². The summed E-state index contributed by atoms with van der Waals surface area (Å²) in [4.78, 5) is 0. The van der Waals surface area contributed by atoms with Crippen molar-refractivity contribution in [2.24, 2.45) is 16.3 Å². The highest BCUT2D eigenvalue weighted by Gasteiger charge is 2.23. The van der Waals surface area contributed by atoms with Gasteiger partial charge in [0.2, 0.25) is 0 Å². The lowest BCUT2D eigenvalue weighted by molar-refractivity contribution is 0.302. The van der Waals surface area contributed by atoms with Crippen molar-refractivity contribution in [2.75, 3.05) is 0 Å². The number of amidine groups is 1. The van der Waals surface area contributed by atoms with Gasteiger partial charge in [-0.2, -0.15) is 5.10 Å². The highest BCUT2D eigenvalue weighted by atomic mass is 16.4. The molecule has 0 aliphatic carbocycles. The summed E-state index contributed by atoms with van der Waals surface area (Å²) >= 11 is 0. The highest BCUT2D eigenvalue weighted by molar-refractivity contribution is 5.85. The molecule has 3 N–H and O–H groups in total. The van der Waals surface area contributed by atoms with Crippen LogP contribution in [0.4, 0.5) is 0 Å². The Hall–Kier alpha value is -1.52. The lowest BCUT2D eigenvalue weighted by atomic mass is 9.88. The smallest absolute Gasteiger partial charge is 0.144 e. The Morgan fingerprint density at radius 1 is 1.56 bits per heavy atom. The Morgan fingerprint density at radius 3 is 2.62 bits per heavy atom. The molecule has 0 fully saturated rings. The molecule has 0 saturated heterocycles. The summed E-state index contributed by atoms with van der Waals surface area (Å²) in [5.74, 6) is 0.258. The zero-order valence-electron chi connectivity index (χ0n) is 10.4. The van der Waals surface area contributed by atoms with Crippen LogP contribution in [0.3, 0.4) is 0 Å². The van der Waals surface area contributed by atoms with E-state index in [2.05, 4.69) is 10.3 Å². The number of nitrogens with zero attached hydrogens (tertiary/aromatic N) is 3. The molecule has 0 saturated carbocycles. The third-order valence-corrected chi connectivity index (χ3v) is 2.85. The molecule has 16 heavy (non-hydrogen) atoms. The second-order valence-electron chi connectivity index (χ2n) is 4.77. The minimum Gasteiger partial charge on any atom is -0.409 e. The fourth-order valence-corrected chi connectivity index (χ4v) is 1.55. The number of rotatable bonds is 4. The summed E-state index contributed by atoms with van der Waals surface area (Å²) in [6, 6.07) is 2.04. The standard InChI is InChI=1S/C11H20N4O/c1-8-7-9(2)15(13-8)6-5-11(3,4)10(12)14-16/h7,16H,5-6H2,1-4H3,(H2,12,14). The number of oxime groups is 1. The van der Waals surface area contributed by atoms with Gasteiger partial charge in [-0.15, -0.1) is 0 Å². The zero-order chi connectivity index (χ0) is 12.3. The molecule has 90 valence electrons. The van der Waals surface area contributed by atoms with Crippen molar-refractivity contribution in [3.8, 4) is 0 Å². The Balaban J connectivity index is 2.68. The Morgan fingerprint density at radius 2 is 2.19 bits per heavy atom. The van der Waals surface area contributed by atoms with E-state index in [4.69, 9.17) is 10.9 Å². The predicted octanol–water partition coefficient (Wildman–Crippen LogP) is 1.66. The second kappa shape index (κ2) is 4.55. The highest BCUT2D eigenvalue weighted by Crippen LogP contribution is 2.21. The van der Waals surface area contributed by atoms with Gasteiger partial charge in [0.05, 0.1) is 5.69 Å². The van der Waals surface area contributed by atoms with Gasteiger partial charge in [0.25, 0.3) is 0 Å². The van der Waals surface area contributed by atoms with Gasteiger partial charge in [0, 0.05) is 17.7 Å². The molecule has 0 spiro atoms. The second-order valence-corrected chi connectivity index (χ2v) is 4.77. The van der Waals surface area contributed by atoms with Crippen molar-refractivity contribution in [1.29, 1.82) is 0 Å². The summed E-state index contributed by atoms with van der Waals surface area (Å²) in [6.45, 7) is 8.67. The number of hydrogen-bond acceptors (Lipinski definition) is 3. The third kappa shape index (κ3) is 2.74. The van der Waals surface area contributed by atoms with E-state index in [0.717, 1.165) is 24.4 Å². The first kappa shape index (κ1) is 12.5. The lowest BCUT2D eigenvalue weighted by Gasteiger charge is -2.22. The number of aromatic nitrogens is 2. The maximum atomic E-state index is 8.67. The van der Waals surface area contributed by atoms with Crippen LogP contribution in [0.25, 0.3) is 0 Å². The van der Waals surface area contributed by atoms with Crippen LogP contribution >= 0.6 is 0 Å². The molecule has 0 atom stereocenters. The molecule has 5 nitrogen and oxygen atoms in total. The van der Waals surface area contributed by atoms with Crippen molar-refractivity contribution >= 4 is 5.84 Å². The minimum atomic E-state index is -0.318. The van der Waals surface area contributed by atoms with Crippen molar-refractivity contribution in [1.82, 2.24) is 9.78 Å². The van der Waals surface area contributed by atoms with Crippen LogP contribution < -0.4 is 5.73 Å². The van der Waals surface area contributed by atoms with E-state index >= 15 is 0 Å². The summed E-state index contributed by atoms with van der Waals surface area (Å²) < 4.78 is 1.95. The van der Waals surface area contributed by atoms with Crippen LogP contribution in [0.5, 0.6) is 0 Å². The summed E-state index contributed by atoms with van der Waals surface area (Å²) in [6.07, 6.45) is 0.783. The first-order chi connectivity index (χ1) is 7.36. The van der Waals surface area contributed by atoms with E-state index in [9.17, 15) is 0 Å². The van der Waals surface area contributed by atoms with Crippen LogP contribution in [-0.4, -0.2) is 20.8 Å². The lowest BCUT2D eigenvalue weighted by Crippen LogP contribution is -2.33. The van der Waals surface area contributed by atoms with Crippen molar-refractivity contribution in [3.05, 3.63) is 17.5 Å². The van der Waals surface area contributed by atoms with Gasteiger partial charge in [-0.05, 0) is 26.3 Å². The van der Waals surface area contributed by atoms with Crippen molar-refractivity contribution < 1.29 is 5.21 Å². The Kier molecular flexibility index (Phi) is 3.57. The first-order valence-corrected chi connectivity index (χ1v) is 5.36. The number of hydrogen-bond donors (Lipinski definition) is 2. The van der Waals surface area contributed by atoms with Crippen LogP contribution in [0.1, 0.15) is 31.7 Å². The number of aryl methyl sites for hydroxylation is 3. The molecule has 0 amide bonds. The molecule has 0 bridgehead atoms. The molecule has 1 aromatic heterocycles. The van der Waals surface area contributed by atoms with Gasteiger partial charge >= 0.3 is 0 Å². The van der Waals surface area contributed by atoms with E-state index in [1.807, 2.05) is 38.4 Å². The summed E-state index contributed by atoms with van der Waals surface area (Å²) in [5.41, 5.74) is 7.46. The van der Waals surface area contributed by atoms with Gasteiger partial charge in [-0.25, -0.2) is 0 Å². The van der Waals surface area contributed by atoms with Gasteiger partial charge in [-0.1, -0.05) is 19.0 Å². The molecule has 1 aromatic rings. The molecule has 0 aliphatic heterocycles. The molecule has 0 aliphatic rings. The van der Waals surface area contributed by atoms with Crippen LogP contribution in [0.2, 0.25) is 0 Å². The van der Waals surface area contributed by atoms with Gasteiger partial charge < -0.3 is 10.9 Å². The average molecular weight is 224 g/mol. The van der Waals surface area contributed by atoms with E-state index in [1.54, 1.807) is 0 Å². The first-order valence-electron chi connectivity index (χ1n) is 5.36. The summed E-state index contributed by atoms with van der Waals surface area (Å²) in [7, 11) is 0. The third-order valence-electron chi connectivity index (χ3n) is 2.85. The topological polar surface area (TPSA) is 76.4 Å². The van der Waals surface area contributed by atoms with Crippen LogP contribution in [0, 0.1) is 19.3 Å². The maximum absolute atomic E-state index is 8.67. The van der Waals surface area contributed by atoms with Gasteiger partial charge in [0.1, 0.15) is 5.84 Å². The van der Waals surface area contributed by atoms with Crippen LogP contribution in [0.15, 0.2) is 11.2 Å². The minimum absolute atomic E-state index is 0.258. The largest absolute Gasteiger partial charge is 0.409 e. The molecular formula is C11H20N4O. The van der Waals surface area contributed by atoms with E-state index in [0.29, 0.717) is 0 Å². The van der Waals surface area contributed by atoms with Gasteiger partial charge in [0.15, 0.2) is 0 Å². The molecule has 5 heteroatoms. The molecule has 0 radical (unpaired) electrons. The molecule has 1 rings (SSSR count). The van der Waals surface area contributed by atoms with Crippen molar-refractivity contribution in [3.63, 3.8) is 0 Å². The van der Waals surface area contributed by atoms with E-state index in [-0.39, 0.29) is 11.3 Å². The summed E-state index contributed by atoms with van der Waals surface area (Å²) in [5, 5.41) is 16.1. The van der Waals surface area contributed by atoms with E-state index < -0.39 is 0 Å². The fourth-order valence-electron chi connectivity index (χ4n) is 1.55.